The van der Waals surface area contributed by atoms with Crippen LogP contribution in [0.25, 0.3) is 11.6 Å². The zero-order chi connectivity index (χ0) is 28.1. The monoisotopic (exact) mass is 554 g/mol. The maximum Gasteiger partial charge on any atom is 0.256 e. The Balaban J connectivity index is 1.48. The number of aromatic amines is 1. The topological polar surface area (TPSA) is 103 Å². The van der Waals surface area contributed by atoms with Gasteiger partial charge in [-0.25, -0.2) is 17.2 Å². The summed E-state index contributed by atoms with van der Waals surface area (Å²) < 4.78 is 53.9. The van der Waals surface area contributed by atoms with Crippen LogP contribution in [0, 0.1) is 25.5 Å². The lowest BCUT2D eigenvalue weighted by Crippen LogP contribution is -2.47. The summed E-state index contributed by atoms with van der Waals surface area (Å²) in [4.78, 5) is 33.2. The lowest BCUT2D eigenvalue weighted by molar-refractivity contribution is -0.110. The quantitative estimate of drug-likeness (QED) is 0.468. The van der Waals surface area contributed by atoms with E-state index in [1.807, 2.05) is 11.9 Å². The number of aromatic nitrogens is 1. The Bertz CT molecular complexity index is 1640. The van der Waals surface area contributed by atoms with Gasteiger partial charge in [-0.15, -0.1) is 0 Å². The number of carbonyl (C=O) groups excluding carboxylic acids is 2. The summed E-state index contributed by atoms with van der Waals surface area (Å²) in [7, 11) is -2.05. The molecule has 3 heterocycles. The Morgan fingerprint density at radius 1 is 1.05 bits per heavy atom. The second kappa shape index (κ2) is 10.0. The van der Waals surface area contributed by atoms with Gasteiger partial charge in [-0.1, -0.05) is 0 Å². The Morgan fingerprint density at radius 3 is 2.49 bits per heavy atom. The van der Waals surface area contributed by atoms with Crippen molar-refractivity contribution < 1.29 is 26.8 Å². The van der Waals surface area contributed by atoms with Gasteiger partial charge >= 0.3 is 0 Å². The summed E-state index contributed by atoms with van der Waals surface area (Å²) in [6, 6.07) is 6.81. The molecule has 0 saturated carbocycles. The second-order valence-corrected chi connectivity index (χ2v) is 12.0. The molecule has 0 radical (unpaired) electrons. The highest BCUT2D eigenvalue weighted by atomic mass is 32.2. The number of aryl methyl sites for hydroxylation is 1. The highest BCUT2D eigenvalue weighted by molar-refractivity contribution is 7.90. The number of nitrogens with zero attached hydrogens (tertiary/aromatic N) is 2. The number of anilines is 1. The average molecular weight is 555 g/mol. The molecule has 0 unspecified atom stereocenters. The van der Waals surface area contributed by atoms with Crippen molar-refractivity contribution in [3.63, 3.8) is 0 Å². The van der Waals surface area contributed by atoms with Gasteiger partial charge in [0.15, 0.2) is 9.84 Å². The van der Waals surface area contributed by atoms with Gasteiger partial charge in [-0.3, -0.25) is 9.59 Å². The standard InChI is InChI=1S/C28H28F2N4O4S/c1-16-25(31-17(2)26(16)28(36)34-10-8-33(3)9-11-34)14-22-21-13-20(5-7-24(21)32-27(22)35)39(37,38)15-18-12-19(29)4-6-23(18)30/h4-7,12-14,31H,8-11,15H2,1-3H3,(H,32,35)/b22-14-. The molecule has 2 aromatic carbocycles. The van der Waals surface area contributed by atoms with Crippen molar-refractivity contribution in [1.29, 1.82) is 0 Å². The predicted molar refractivity (Wildman–Crippen MR) is 144 cm³/mol. The highest BCUT2D eigenvalue weighted by Crippen LogP contribution is 2.36. The zero-order valence-electron chi connectivity index (χ0n) is 21.8. The van der Waals surface area contributed by atoms with Gasteiger partial charge in [0, 0.05) is 54.4 Å². The first-order valence-corrected chi connectivity index (χ1v) is 14.1. The number of halogens is 2. The van der Waals surface area contributed by atoms with Gasteiger partial charge in [-0.2, -0.15) is 0 Å². The number of likely N-dealkylation sites (N-methyl/N-ethyl adjacent to an activating group) is 1. The molecule has 2 N–H and O–H groups in total. The number of amides is 2. The van der Waals surface area contributed by atoms with Crippen molar-refractivity contribution in [2.45, 2.75) is 24.5 Å². The number of H-pyrrole nitrogens is 1. The van der Waals surface area contributed by atoms with E-state index >= 15 is 0 Å². The molecule has 1 saturated heterocycles. The van der Waals surface area contributed by atoms with Crippen LogP contribution in [0.15, 0.2) is 41.3 Å². The number of fused-ring (bicyclic) bond motifs is 1. The van der Waals surface area contributed by atoms with Crippen molar-refractivity contribution in [2.24, 2.45) is 0 Å². The van der Waals surface area contributed by atoms with E-state index in [2.05, 4.69) is 15.2 Å². The summed E-state index contributed by atoms with van der Waals surface area (Å²) in [6.07, 6.45) is 1.60. The van der Waals surface area contributed by atoms with Gasteiger partial charge in [0.2, 0.25) is 0 Å². The molecular weight excluding hydrogens is 526 g/mol. The predicted octanol–water partition coefficient (Wildman–Crippen LogP) is 3.76. The van der Waals surface area contributed by atoms with Gasteiger partial charge < -0.3 is 20.1 Å². The van der Waals surface area contributed by atoms with E-state index in [9.17, 15) is 26.8 Å². The third-order valence-electron chi connectivity index (χ3n) is 7.26. The summed E-state index contributed by atoms with van der Waals surface area (Å²) in [5, 5.41) is 2.73. The highest BCUT2D eigenvalue weighted by Gasteiger charge is 2.29. The summed E-state index contributed by atoms with van der Waals surface area (Å²) in [6.45, 7) is 6.45. The minimum atomic E-state index is -4.06. The Kier molecular flexibility index (Phi) is 6.90. The molecule has 1 fully saturated rings. The minimum absolute atomic E-state index is 0.0757. The van der Waals surface area contributed by atoms with Gasteiger partial charge in [0.1, 0.15) is 11.6 Å². The van der Waals surface area contributed by atoms with Crippen molar-refractivity contribution in [2.75, 3.05) is 38.5 Å². The van der Waals surface area contributed by atoms with Crippen LogP contribution in [0.4, 0.5) is 14.5 Å². The first kappa shape index (κ1) is 26.8. The summed E-state index contributed by atoms with van der Waals surface area (Å²) >= 11 is 0. The van der Waals surface area contributed by atoms with Crippen LogP contribution in [0.1, 0.15) is 38.4 Å². The molecule has 3 aromatic rings. The fourth-order valence-electron chi connectivity index (χ4n) is 5.00. The maximum absolute atomic E-state index is 14.1. The molecule has 0 atom stereocenters. The van der Waals surface area contributed by atoms with Crippen LogP contribution in [-0.4, -0.2) is 68.2 Å². The van der Waals surface area contributed by atoms with Crippen LogP contribution < -0.4 is 5.32 Å². The van der Waals surface area contributed by atoms with Gasteiger partial charge in [0.25, 0.3) is 11.8 Å². The third-order valence-corrected chi connectivity index (χ3v) is 8.92. The first-order valence-electron chi connectivity index (χ1n) is 12.5. The molecule has 2 aliphatic rings. The normalized spacial score (nSPS) is 17.0. The number of hydrogen-bond acceptors (Lipinski definition) is 5. The summed E-state index contributed by atoms with van der Waals surface area (Å²) in [5.74, 6) is -2.79. The number of hydrogen-bond donors (Lipinski definition) is 2. The molecule has 0 spiro atoms. The molecule has 8 nitrogen and oxygen atoms in total. The maximum atomic E-state index is 14.1. The molecule has 11 heteroatoms. The van der Waals surface area contributed by atoms with Crippen molar-refractivity contribution in [1.82, 2.24) is 14.8 Å². The van der Waals surface area contributed by atoms with E-state index in [0.717, 1.165) is 31.3 Å². The van der Waals surface area contributed by atoms with Crippen molar-refractivity contribution in [3.05, 3.63) is 81.7 Å². The number of rotatable bonds is 5. The van der Waals surface area contributed by atoms with E-state index in [4.69, 9.17) is 0 Å². The smallest absolute Gasteiger partial charge is 0.256 e. The first-order chi connectivity index (χ1) is 18.4. The summed E-state index contributed by atoms with van der Waals surface area (Å²) in [5.41, 5.74) is 3.22. The molecule has 0 bridgehead atoms. The van der Waals surface area contributed by atoms with Crippen LogP contribution in [0.5, 0.6) is 0 Å². The fourth-order valence-corrected chi connectivity index (χ4v) is 6.37. The van der Waals surface area contributed by atoms with Gasteiger partial charge in [-0.05, 0) is 68.9 Å². The molecule has 5 rings (SSSR count). The number of piperazine rings is 1. The number of sulfone groups is 1. The molecule has 39 heavy (non-hydrogen) atoms. The third kappa shape index (κ3) is 5.11. The Labute approximate surface area is 225 Å². The van der Waals surface area contributed by atoms with Crippen LogP contribution in [0.3, 0.4) is 0 Å². The average Bonchev–Trinajstić information content (AvgIpc) is 3.35. The van der Waals surface area contributed by atoms with Crippen LogP contribution in [0.2, 0.25) is 0 Å². The Hall–Kier alpha value is -3.83. The van der Waals surface area contributed by atoms with E-state index in [0.29, 0.717) is 46.9 Å². The fraction of sp³-hybridized carbons (Fsp3) is 0.286. The van der Waals surface area contributed by atoms with E-state index in [1.165, 1.54) is 18.2 Å². The molecule has 0 aliphatic carbocycles. The lowest BCUT2D eigenvalue weighted by atomic mass is 10.0. The Morgan fingerprint density at radius 2 is 1.77 bits per heavy atom. The molecule has 204 valence electrons. The molecule has 2 amide bonds. The molecule has 2 aliphatic heterocycles. The molecular formula is C28H28F2N4O4S. The largest absolute Gasteiger partial charge is 0.358 e. The van der Waals surface area contributed by atoms with E-state index < -0.39 is 33.1 Å². The SMILES string of the molecule is Cc1[nH]c(/C=C2\C(=O)Nc3ccc(S(=O)(=O)Cc4cc(F)ccc4F)cc32)c(C)c1C(=O)N1CCN(C)CC1. The van der Waals surface area contributed by atoms with Crippen molar-refractivity contribution in [3.8, 4) is 0 Å². The minimum Gasteiger partial charge on any atom is -0.358 e. The van der Waals surface area contributed by atoms with Crippen LogP contribution in [-0.2, 0) is 20.4 Å². The second-order valence-electron chi connectivity index (χ2n) is 9.97. The van der Waals surface area contributed by atoms with Crippen molar-refractivity contribution >= 4 is 39.0 Å². The number of nitrogens with one attached hydrogen (secondary N) is 2. The lowest BCUT2D eigenvalue weighted by Gasteiger charge is -2.32. The van der Waals surface area contributed by atoms with Crippen LogP contribution >= 0.6 is 0 Å². The van der Waals surface area contributed by atoms with E-state index in [1.54, 1.807) is 19.9 Å². The molecule has 1 aromatic heterocycles. The zero-order valence-corrected chi connectivity index (χ0v) is 22.6. The van der Waals surface area contributed by atoms with Gasteiger partial charge in [0.05, 0.1) is 21.8 Å². The van der Waals surface area contributed by atoms with E-state index in [-0.39, 0.29) is 21.9 Å². The number of benzene rings is 2. The number of carbonyl (C=O) groups is 2.